The summed E-state index contributed by atoms with van der Waals surface area (Å²) in [6.45, 7) is 1.90. The number of hydrogen-bond donors (Lipinski definition) is 1. The minimum atomic E-state index is -3.03. The van der Waals surface area contributed by atoms with Gasteiger partial charge in [-0.3, -0.25) is 4.79 Å². The van der Waals surface area contributed by atoms with Crippen molar-refractivity contribution in [2.75, 3.05) is 16.8 Å². The van der Waals surface area contributed by atoms with Gasteiger partial charge in [-0.05, 0) is 30.0 Å². The summed E-state index contributed by atoms with van der Waals surface area (Å²) in [5.41, 5.74) is 0.881. The van der Waals surface area contributed by atoms with Crippen LogP contribution in [0.5, 0.6) is 0 Å². The third kappa shape index (κ3) is 4.25. The van der Waals surface area contributed by atoms with Crippen molar-refractivity contribution in [1.82, 2.24) is 9.78 Å². The van der Waals surface area contributed by atoms with Crippen LogP contribution in [0.4, 0.5) is 10.2 Å². The first-order valence-electron chi connectivity index (χ1n) is 8.13. The average Bonchev–Trinajstić information content (AvgIpc) is 3.13. The molecule has 8 heteroatoms. The number of anilines is 1. The molecule has 0 saturated carbocycles. The lowest BCUT2D eigenvalue weighted by Gasteiger charge is -2.15. The summed E-state index contributed by atoms with van der Waals surface area (Å²) in [6.07, 6.45) is 2.28. The molecule has 25 heavy (non-hydrogen) atoms. The third-order valence-corrected chi connectivity index (χ3v) is 6.17. The number of amides is 1. The number of nitrogens with zero attached hydrogens (tertiary/aromatic N) is 2. The van der Waals surface area contributed by atoms with Gasteiger partial charge in [0.1, 0.15) is 11.6 Å². The summed E-state index contributed by atoms with van der Waals surface area (Å²) in [6, 6.07) is 7.50. The molecule has 0 aliphatic carbocycles. The fraction of sp³-hybridized carbons (Fsp3) is 0.412. The van der Waals surface area contributed by atoms with E-state index in [9.17, 15) is 17.6 Å². The summed E-state index contributed by atoms with van der Waals surface area (Å²) in [7, 11) is -3.03. The predicted octanol–water partition coefficient (Wildman–Crippen LogP) is 2.51. The van der Waals surface area contributed by atoms with Gasteiger partial charge in [-0.15, -0.1) is 0 Å². The molecule has 3 rings (SSSR count). The van der Waals surface area contributed by atoms with Crippen LogP contribution in [0.15, 0.2) is 36.5 Å². The first-order chi connectivity index (χ1) is 11.8. The molecule has 2 heterocycles. The van der Waals surface area contributed by atoms with Crippen molar-refractivity contribution in [2.24, 2.45) is 0 Å². The lowest BCUT2D eigenvalue weighted by atomic mass is 9.97. The zero-order valence-electron chi connectivity index (χ0n) is 13.9. The molecule has 134 valence electrons. The highest BCUT2D eigenvalue weighted by Gasteiger charge is 2.31. The van der Waals surface area contributed by atoms with Crippen LogP contribution in [0.25, 0.3) is 0 Å². The van der Waals surface area contributed by atoms with Crippen molar-refractivity contribution in [2.45, 2.75) is 31.7 Å². The molecule has 1 N–H and O–H groups in total. The van der Waals surface area contributed by atoms with Crippen molar-refractivity contribution >= 4 is 21.6 Å². The van der Waals surface area contributed by atoms with Crippen molar-refractivity contribution in [3.8, 4) is 0 Å². The third-order valence-electron chi connectivity index (χ3n) is 4.42. The minimum absolute atomic E-state index is 0.0452. The largest absolute Gasteiger partial charge is 0.311 e. The monoisotopic (exact) mass is 365 g/mol. The maximum absolute atomic E-state index is 13.0. The number of aromatic nitrogens is 2. The maximum Gasteiger partial charge on any atom is 0.226 e. The molecule has 0 radical (unpaired) electrons. The highest BCUT2D eigenvalue weighted by molar-refractivity contribution is 7.91. The van der Waals surface area contributed by atoms with Gasteiger partial charge in [0.2, 0.25) is 5.91 Å². The van der Waals surface area contributed by atoms with Crippen molar-refractivity contribution in [3.05, 3.63) is 47.9 Å². The standard InChI is InChI=1S/C17H20FN3O3S/c1-12(13-2-4-14(18)5-3-13)10-17(22)20-16-6-8-19-21(16)15-7-9-25(23,24)11-15/h2-6,8,12,15H,7,9-11H2,1H3,(H,20,22). The quantitative estimate of drug-likeness (QED) is 0.883. The summed E-state index contributed by atoms with van der Waals surface area (Å²) in [5.74, 6) is 0.119. The number of benzene rings is 1. The predicted molar refractivity (Wildman–Crippen MR) is 92.6 cm³/mol. The molecule has 2 atom stereocenters. The lowest BCUT2D eigenvalue weighted by molar-refractivity contribution is -0.116. The maximum atomic E-state index is 13.0. The molecule has 1 saturated heterocycles. The molecule has 0 bridgehead atoms. The molecule has 1 amide bonds. The zero-order valence-corrected chi connectivity index (χ0v) is 14.7. The van der Waals surface area contributed by atoms with E-state index < -0.39 is 9.84 Å². The summed E-state index contributed by atoms with van der Waals surface area (Å²) >= 11 is 0. The average molecular weight is 365 g/mol. The Hall–Kier alpha value is -2.22. The molecule has 1 aromatic carbocycles. The first-order valence-corrected chi connectivity index (χ1v) is 9.95. The van der Waals surface area contributed by atoms with Crippen LogP contribution in [-0.2, 0) is 14.6 Å². The van der Waals surface area contributed by atoms with Gasteiger partial charge in [-0.1, -0.05) is 19.1 Å². The fourth-order valence-corrected chi connectivity index (χ4v) is 4.75. The number of hydrogen-bond acceptors (Lipinski definition) is 4. The van der Waals surface area contributed by atoms with Crippen molar-refractivity contribution < 1.29 is 17.6 Å². The fourth-order valence-electron chi connectivity index (χ4n) is 3.05. The molecule has 1 fully saturated rings. The van der Waals surface area contributed by atoms with Crippen LogP contribution in [0.1, 0.15) is 37.3 Å². The number of halogens is 1. The van der Waals surface area contributed by atoms with E-state index in [2.05, 4.69) is 10.4 Å². The van der Waals surface area contributed by atoms with Crippen LogP contribution in [0, 0.1) is 5.82 Å². The van der Waals surface area contributed by atoms with Crippen molar-refractivity contribution in [3.63, 3.8) is 0 Å². The van der Waals surface area contributed by atoms with E-state index in [1.807, 2.05) is 6.92 Å². The number of carbonyl (C=O) groups is 1. The van der Waals surface area contributed by atoms with Crippen molar-refractivity contribution in [1.29, 1.82) is 0 Å². The van der Waals surface area contributed by atoms with Crippen LogP contribution in [0.2, 0.25) is 0 Å². The van der Waals surface area contributed by atoms with Crippen LogP contribution in [0.3, 0.4) is 0 Å². The molecule has 2 unspecified atom stereocenters. The highest BCUT2D eigenvalue weighted by Crippen LogP contribution is 2.26. The van der Waals surface area contributed by atoms with Gasteiger partial charge in [0.25, 0.3) is 0 Å². The van der Waals surface area contributed by atoms with E-state index in [4.69, 9.17) is 0 Å². The van der Waals surface area contributed by atoms with E-state index >= 15 is 0 Å². The zero-order chi connectivity index (χ0) is 18.0. The molecule has 0 spiro atoms. The number of nitrogens with one attached hydrogen (secondary N) is 1. The Morgan fingerprint density at radius 1 is 1.36 bits per heavy atom. The number of sulfone groups is 1. The Morgan fingerprint density at radius 3 is 2.72 bits per heavy atom. The molecule has 1 aliphatic heterocycles. The van der Waals surface area contributed by atoms with Gasteiger partial charge in [-0.25, -0.2) is 17.5 Å². The second kappa shape index (κ2) is 6.95. The van der Waals surface area contributed by atoms with Crippen LogP contribution < -0.4 is 5.32 Å². The Kier molecular flexibility index (Phi) is 4.89. The van der Waals surface area contributed by atoms with E-state index in [1.54, 1.807) is 29.1 Å². The Labute approximate surface area is 146 Å². The summed E-state index contributed by atoms with van der Waals surface area (Å²) in [4.78, 5) is 12.3. The van der Waals surface area contributed by atoms with E-state index in [1.165, 1.54) is 12.1 Å². The second-order valence-corrected chi connectivity index (χ2v) is 8.65. The summed E-state index contributed by atoms with van der Waals surface area (Å²) in [5, 5.41) is 6.96. The topological polar surface area (TPSA) is 81.1 Å². The molecular weight excluding hydrogens is 345 g/mol. The number of carbonyl (C=O) groups excluding carboxylic acids is 1. The van der Waals surface area contributed by atoms with Gasteiger partial charge in [0.15, 0.2) is 9.84 Å². The smallest absolute Gasteiger partial charge is 0.226 e. The minimum Gasteiger partial charge on any atom is -0.311 e. The molecule has 6 nitrogen and oxygen atoms in total. The van der Waals surface area contributed by atoms with E-state index in [-0.39, 0.29) is 41.6 Å². The highest BCUT2D eigenvalue weighted by atomic mass is 32.2. The SMILES string of the molecule is CC(CC(=O)Nc1ccnn1C1CCS(=O)(=O)C1)c1ccc(F)cc1. The first kappa shape index (κ1) is 17.6. The molecule has 1 aromatic heterocycles. The Bertz CT molecular complexity index is 862. The van der Waals surface area contributed by atoms with E-state index in [0.717, 1.165) is 5.56 Å². The lowest BCUT2D eigenvalue weighted by Crippen LogP contribution is -2.20. The van der Waals surface area contributed by atoms with Crippen LogP contribution >= 0.6 is 0 Å². The molecule has 2 aromatic rings. The Balaban J connectivity index is 1.64. The van der Waals surface area contributed by atoms with Gasteiger partial charge in [-0.2, -0.15) is 5.10 Å². The summed E-state index contributed by atoms with van der Waals surface area (Å²) < 4.78 is 37.8. The van der Waals surface area contributed by atoms with Gasteiger partial charge >= 0.3 is 0 Å². The number of rotatable bonds is 5. The normalized spacial score (nSPS) is 20.3. The molecular formula is C17H20FN3O3S. The van der Waals surface area contributed by atoms with Crippen LogP contribution in [-0.4, -0.2) is 35.6 Å². The van der Waals surface area contributed by atoms with E-state index in [0.29, 0.717) is 12.2 Å². The molecule has 1 aliphatic rings. The van der Waals surface area contributed by atoms with Gasteiger partial charge < -0.3 is 5.32 Å². The van der Waals surface area contributed by atoms with Gasteiger partial charge in [0.05, 0.1) is 23.7 Å². The second-order valence-electron chi connectivity index (χ2n) is 6.42. The van der Waals surface area contributed by atoms with Gasteiger partial charge in [0, 0.05) is 12.5 Å². The Morgan fingerprint density at radius 2 is 2.08 bits per heavy atom.